The van der Waals surface area contributed by atoms with Crippen LogP contribution in [-0.2, 0) is 9.47 Å². The SMILES string of the molecule is COC(=O)c1ccc(-c2cnn(C3CCN(C(=O)OC(C)(C)C)CC3)c2)cc1. The highest BCUT2D eigenvalue weighted by Crippen LogP contribution is 2.26. The van der Waals surface area contributed by atoms with Crippen LogP contribution in [0.2, 0.25) is 0 Å². The third-order valence-corrected chi connectivity index (χ3v) is 4.73. The minimum Gasteiger partial charge on any atom is -0.465 e. The second-order valence-electron chi connectivity index (χ2n) is 7.98. The molecule has 0 aliphatic carbocycles. The van der Waals surface area contributed by atoms with Crippen LogP contribution in [0.3, 0.4) is 0 Å². The Kier molecular flexibility index (Phi) is 5.72. The van der Waals surface area contributed by atoms with Gasteiger partial charge < -0.3 is 14.4 Å². The molecule has 1 saturated heterocycles. The summed E-state index contributed by atoms with van der Waals surface area (Å²) in [5, 5.41) is 4.51. The number of ether oxygens (including phenoxy) is 2. The molecule has 1 amide bonds. The molecule has 7 heteroatoms. The van der Waals surface area contributed by atoms with Crippen molar-refractivity contribution < 1.29 is 19.1 Å². The Bertz CT molecular complexity index is 828. The Morgan fingerprint density at radius 2 is 1.71 bits per heavy atom. The lowest BCUT2D eigenvalue weighted by atomic mass is 10.1. The molecular weight excluding hydrogens is 358 g/mol. The number of aromatic nitrogens is 2. The number of esters is 1. The van der Waals surface area contributed by atoms with Gasteiger partial charge >= 0.3 is 12.1 Å². The quantitative estimate of drug-likeness (QED) is 0.749. The number of piperidine rings is 1. The molecule has 0 spiro atoms. The molecule has 1 aliphatic rings. The number of nitrogens with zero attached hydrogens (tertiary/aromatic N) is 3. The molecule has 3 rings (SSSR count). The highest BCUT2D eigenvalue weighted by atomic mass is 16.6. The summed E-state index contributed by atoms with van der Waals surface area (Å²) in [7, 11) is 1.37. The van der Waals surface area contributed by atoms with Crippen molar-refractivity contribution in [2.24, 2.45) is 0 Å². The van der Waals surface area contributed by atoms with Crippen LogP contribution in [0.25, 0.3) is 11.1 Å². The van der Waals surface area contributed by atoms with E-state index >= 15 is 0 Å². The van der Waals surface area contributed by atoms with Gasteiger partial charge in [-0.1, -0.05) is 12.1 Å². The fourth-order valence-corrected chi connectivity index (χ4v) is 3.24. The van der Waals surface area contributed by atoms with Gasteiger partial charge in [-0.25, -0.2) is 9.59 Å². The summed E-state index contributed by atoms with van der Waals surface area (Å²) >= 11 is 0. The first kappa shape index (κ1) is 19.9. The van der Waals surface area contributed by atoms with Crippen LogP contribution in [0.1, 0.15) is 50.0 Å². The predicted molar refractivity (Wildman–Crippen MR) is 105 cm³/mol. The second kappa shape index (κ2) is 8.04. The monoisotopic (exact) mass is 385 g/mol. The molecule has 28 heavy (non-hydrogen) atoms. The number of methoxy groups -OCH3 is 1. The first-order valence-electron chi connectivity index (χ1n) is 9.47. The van der Waals surface area contributed by atoms with Crippen LogP contribution in [-0.4, -0.2) is 52.5 Å². The van der Waals surface area contributed by atoms with Gasteiger partial charge in [-0.3, -0.25) is 4.68 Å². The van der Waals surface area contributed by atoms with Crippen LogP contribution in [0, 0.1) is 0 Å². The second-order valence-corrected chi connectivity index (χ2v) is 7.98. The van der Waals surface area contributed by atoms with Crippen LogP contribution < -0.4 is 0 Å². The topological polar surface area (TPSA) is 73.7 Å². The third kappa shape index (κ3) is 4.71. The van der Waals surface area contributed by atoms with Gasteiger partial charge in [0.1, 0.15) is 5.60 Å². The maximum Gasteiger partial charge on any atom is 0.410 e. The van der Waals surface area contributed by atoms with Crippen molar-refractivity contribution in [1.29, 1.82) is 0 Å². The Morgan fingerprint density at radius 3 is 2.29 bits per heavy atom. The van der Waals surface area contributed by atoms with Crippen molar-refractivity contribution in [2.75, 3.05) is 20.2 Å². The lowest BCUT2D eigenvalue weighted by Gasteiger charge is -2.33. The zero-order chi connectivity index (χ0) is 20.3. The summed E-state index contributed by atoms with van der Waals surface area (Å²) in [6.45, 7) is 6.94. The minimum atomic E-state index is -0.478. The number of hydrogen-bond donors (Lipinski definition) is 0. The van der Waals surface area contributed by atoms with Crippen molar-refractivity contribution in [2.45, 2.75) is 45.3 Å². The van der Waals surface area contributed by atoms with Gasteiger partial charge in [-0.15, -0.1) is 0 Å². The maximum absolute atomic E-state index is 12.2. The Hall–Kier alpha value is -2.83. The highest BCUT2D eigenvalue weighted by molar-refractivity contribution is 5.89. The fourth-order valence-electron chi connectivity index (χ4n) is 3.24. The van der Waals surface area contributed by atoms with Crippen molar-refractivity contribution in [3.8, 4) is 11.1 Å². The van der Waals surface area contributed by atoms with E-state index in [2.05, 4.69) is 5.10 Å². The number of amides is 1. The molecule has 1 aromatic carbocycles. The van der Waals surface area contributed by atoms with Gasteiger partial charge in [0.05, 0.1) is 24.9 Å². The lowest BCUT2D eigenvalue weighted by molar-refractivity contribution is 0.0184. The minimum absolute atomic E-state index is 0.252. The number of carbonyl (C=O) groups excluding carboxylic acids is 2. The molecule has 0 bridgehead atoms. The van der Waals surface area contributed by atoms with E-state index in [0.29, 0.717) is 18.7 Å². The zero-order valence-corrected chi connectivity index (χ0v) is 16.8. The molecule has 1 fully saturated rings. The normalized spacial score (nSPS) is 15.4. The van der Waals surface area contributed by atoms with E-state index in [1.165, 1.54) is 7.11 Å². The van der Waals surface area contributed by atoms with Crippen molar-refractivity contribution >= 4 is 12.1 Å². The average Bonchev–Trinajstić information content (AvgIpc) is 3.16. The number of hydrogen-bond acceptors (Lipinski definition) is 5. The van der Waals surface area contributed by atoms with Gasteiger partial charge in [0.25, 0.3) is 0 Å². The maximum atomic E-state index is 12.2. The van der Waals surface area contributed by atoms with E-state index in [1.807, 2.05) is 50.0 Å². The molecule has 150 valence electrons. The smallest absolute Gasteiger partial charge is 0.410 e. The van der Waals surface area contributed by atoms with Gasteiger partial charge in [0, 0.05) is 24.8 Å². The summed E-state index contributed by atoms with van der Waals surface area (Å²) in [5.74, 6) is -0.348. The Labute approximate surface area is 165 Å². The molecule has 0 radical (unpaired) electrons. The molecule has 2 heterocycles. The van der Waals surface area contributed by atoms with Gasteiger partial charge in [0.15, 0.2) is 0 Å². The van der Waals surface area contributed by atoms with E-state index in [9.17, 15) is 9.59 Å². The standard InChI is InChI=1S/C21H27N3O4/c1-21(2,3)28-20(26)23-11-9-18(10-12-23)24-14-17(13-22-24)15-5-7-16(8-6-15)19(25)27-4/h5-8,13-14,18H,9-12H2,1-4H3. The van der Waals surface area contributed by atoms with Crippen LogP contribution in [0.5, 0.6) is 0 Å². The first-order chi connectivity index (χ1) is 13.3. The van der Waals surface area contributed by atoms with E-state index in [0.717, 1.165) is 24.0 Å². The zero-order valence-electron chi connectivity index (χ0n) is 16.8. The molecular formula is C21H27N3O4. The molecule has 2 aromatic rings. The Balaban J connectivity index is 1.61. The van der Waals surface area contributed by atoms with Gasteiger partial charge in [0.2, 0.25) is 0 Å². The number of rotatable bonds is 3. The molecule has 0 N–H and O–H groups in total. The summed E-state index contributed by atoms with van der Waals surface area (Å²) in [5.41, 5.74) is 2.03. The molecule has 0 saturated carbocycles. The van der Waals surface area contributed by atoms with Crippen LogP contribution in [0.15, 0.2) is 36.7 Å². The molecule has 7 nitrogen and oxygen atoms in total. The van der Waals surface area contributed by atoms with Crippen molar-refractivity contribution in [3.05, 3.63) is 42.2 Å². The number of benzene rings is 1. The van der Waals surface area contributed by atoms with E-state index < -0.39 is 5.60 Å². The number of likely N-dealkylation sites (tertiary alicyclic amines) is 1. The average molecular weight is 385 g/mol. The summed E-state index contributed by atoms with van der Waals surface area (Å²) < 4.78 is 12.1. The predicted octanol–water partition coefficient (Wildman–Crippen LogP) is 3.91. The first-order valence-corrected chi connectivity index (χ1v) is 9.47. The van der Waals surface area contributed by atoms with E-state index in [-0.39, 0.29) is 18.1 Å². The fraction of sp³-hybridized carbons (Fsp3) is 0.476. The number of carbonyl (C=O) groups is 2. The molecule has 0 atom stereocenters. The largest absolute Gasteiger partial charge is 0.465 e. The molecule has 1 aliphatic heterocycles. The molecule has 1 aromatic heterocycles. The van der Waals surface area contributed by atoms with E-state index in [1.54, 1.807) is 17.0 Å². The van der Waals surface area contributed by atoms with Gasteiger partial charge in [-0.05, 0) is 51.3 Å². The summed E-state index contributed by atoms with van der Waals surface area (Å²) in [6.07, 6.45) is 5.26. The lowest BCUT2D eigenvalue weighted by Crippen LogP contribution is -2.42. The van der Waals surface area contributed by atoms with Gasteiger partial charge in [-0.2, -0.15) is 5.10 Å². The highest BCUT2D eigenvalue weighted by Gasteiger charge is 2.27. The Morgan fingerprint density at radius 1 is 1.07 bits per heavy atom. The van der Waals surface area contributed by atoms with Crippen LogP contribution >= 0.6 is 0 Å². The van der Waals surface area contributed by atoms with Crippen molar-refractivity contribution in [1.82, 2.24) is 14.7 Å². The third-order valence-electron chi connectivity index (χ3n) is 4.73. The molecule has 0 unspecified atom stereocenters. The van der Waals surface area contributed by atoms with Crippen molar-refractivity contribution in [3.63, 3.8) is 0 Å². The summed E-state index contributed by atoms with van der Waals surface area (Å²) in [4.78, 5) is 25.5. The van der Waals surface area contributed by atoms with Crippen LogP contribution in [0.4, 0.5) is 4.79 Å². The van der Waals surface area contributed by atoms with E-state index in [4.69, 9.17) is 9.47 Å². The summed E-state index contributed by atoms with van der Waals surface area (Å²) in [6, 6.07) is 7.52.